The Morgan fingerprint density at radius 1 is 1.35 bits per heavy atom. The van der Waals surface area contributed by atoms with E-state index >= 15 is 0 Å². The molecule has 0 aliphatic rings. The van der Waals surface area contributed by atoms with Crippen molar-refractivity contribution in [1.82, 2.24) is 15.0 Å². The monoisotopic (exact) mass is 371 g/mol. The van der Waals surface area contributed by atoms with Gasteiger partial charge in [-0.25, -0.2) is 9.78 Å². The lowest BCUT2D eigenvalue weighted by molar-refractivity contribution is -0.143. The summed E-state index contributed by atoms with van der Waals surface area (Å²) in [5, 5.41) is 8.45. The van der Waals surface area contributed by atoms with Crippen LogP contribution in [0.4, 0.5) is 13.2 Å². The number of alkyl halides is 3. The van der Waals surface area contributed by atoms with Gasteiger partial charge in [-0.2, -0.15) is 13.2 Å². The van der Waals surface area contributed by atoms with Crippen LogP contribution >= 0.6 is 0 Å². The van der Waals surface area contributed by atoms with Crippen molar-refractivity contribution in [3.63, 3.8) is 0 Å². The van der Waals surface area contributed by atoms with Crippen LogP contribution in [0.1, 0.15) is 11.1 Å². The number of hydrogen-bond donors (Lipinski definition) is 2. The van der Waals surface area contributed by atoms with E-state index < -0.39 is 24.3 Å². The predicted molar refractivity (Wildman–Crippen MR) is 85.4 cm³/mol. The maximum Gasteiger partial charge on any atom is 0.416 e. The van der Waals surface area contributed by atoms with E-state index in [4.69, 9.17) is 14.7 Å². The van der Waals surface area contributed by atoms with Crippen LogP contribution < -0.4 is 5.48 Å². The average molecular weight is 371 g/mol. The van der Waals surface area contributed by atoms with Gasteiger partial charge in [0.25, 0.3) is 0 Å². The molecular weight excluding hydrogens is 355 g/mol. The van der Waals surface area contributed by atoms with Gasteiger partial charge in [0, 0.05) is 24.2 Å². The summed E-state index contributed by atoms with van der Waals surface area (Å²) in [4.78, 5) is 19.3. The van der Waals surface area contributed by atoms with Crippen LogP contribution in [0.15, 0.2) is 43.0 Å². The molecule has 2 N–H and O–H groups in total. The molecule has 0 atom stereocenters. The molecule has 10 heteroatoms. The molecule has 0 spiro atoms. The topological polar surface area (TPSA) is 85.6 Å². The molecule has 0 fully saturated rings. The highest BCUT2D eigenvalue weighted by molar-refractivity contribution is 5.73. The molecule has 0 saturated carbocycles. The van der Waals surface area contributed by atoms with Crippen LogP contribution in [-0.4, -0.2) is 40.4 Å². The highest BCUT2D eigenvalue weighted by Crippen LogP contribution is 2.30. The van der Waals surface area contributed by atoms with Gasteiger partial charge < -0.3 is 14.4 Å². The smallest absolute Gasteiger partial charge is 0.416 e. The van der Waals surface area contributed by atoms with Crippen LogP contribution in [0, 0.1) is 0 Å². The number of nitrogens with one attached hydrogen (secondary N) is 1. The van der Waals surface area contributed by atoms with Gasteiger partial charge in [0.2, 0.25) is 0 Å². The van der Waals surface area contributed by atoms with Crippen molar-refractivity contribution >= 4 is 17.9 Å². The Morgan fingerprint density at radius 3 is 2.81 bits per heavy atom. The second kappa shape index (κ2) is 9.02. The number of carbonyl (C=O) groups is 1. The summed E-state index contributed by atoms with van der Waals surface area (Å²) >= 11 is 0. The number of benzene rings is 1. The maximum atomic E-state index is 12.9. The van der Waals surface area contributed by atoms with Gasteiger partial charge in [-0.15, -0.1) is 0 Å². The van der Waals surface area contributed by atoms with E-state index in [0.717, 1.165) is 12.1 Å². The summed E-state index contributed by atoms with van der Waals surface area (Å²) < 4.78 is 45.1. The first-order valence-electron chi connectivity index (χ1n) is 7.40. The van der Waals surface area contributed by atoms with Crippen LogP contribution in [0.5, 0.6) is 0 Å². The van der Waals surface area contributed by atoms with Crippen LogP contribution in [0.2, 0.25) is 0 Å². The summed E-state index contributed by atoms with van der Waals surface area (Å²) in [7, 11) is 0. The zero-order valence-electron chi connectivity index (χ0n) is 13.4. The highest BCUT2D eigenvalue weighted by Gasteiger charge is 2.30. The Labute approximate surface area is 146 Å². The number of aromatic nitrogens is 2. The number of rotatable bonds is 9. The lowest BCUT2D eigenvalue weighted by atomic mass is 10.1. The molecule has 0 amide bonds. The fourth-order valence-corrected chi connectivity index (χ4v) is 1.91. The van der Waals surface area contributed by atoms with Crippen molar-refractivity contribution in [1.29, 1.82) is 0 Å². The van der Waals surface area contributed by atoms with E-state index in [-0.39, 0.29) is 24.5 Å². The fourth-order valence-electron chi connectivity index (χ4n) is 1.91. The first kappa shape index (κ1) is 19.5. The zero-order chi connectivity index (χ0) is 19.0. The Balaban J connectivity index is 2.09. The molecule has 0 aliphatic carbocycles. The molecule has 0 unspecified atom stereocenters. The summed E-state index contributed by atoms with van der Waals surface area (Å²) in [5.41, 5.74) is 2.27. The average Bonchev–Trinajstić information content (AvgIpc) is 3.09. The second-order valence-electron chi connectivity index (χ2n) is 5.03. The molecule has 0 aliphatic heterocycles. The van der Waals surface area contributed by atoms with Crippen molar-refractivity contribution in [2.24, 2.45) is 0 Å². The van der Waals surface area contributed by atoms with Crippen molar-refractivity contribution in [3.8, 4) is 0 Å². The molecule has 1 aromatic heterocycles. The van der Waals surface area contributed by atoms with E-state index in [2.05, 4.69) is 10.5 Å². The van der Waals surface area contributed by atoms with Gasteiger partial charge in [0.1, 0.15) is 6.61 Å². The number of nitrogens with zero attached hydrogens (tertiary/aromatic N) is 2. The molecule has 26 heavy (non-hydrogen) atoms. The number of carboxylic acids is 1. The number of carboxylic acid groups (broad SMARTS) is 1. The normalized spacial score (nSPS) is 12.2. The molecule has 1 aromatic carbocycles. The Kier molecular flexibility index (Phi) is 6.75. The molecule has 1 heterocycles. The van der Waals surface area contributed by atoms with Gasteiger partial charge in [-0.3, -0.25) is 10.3 Å². The highest BCUT2D eigenvalue weighted by atomic mass is 19.4. The van der Waals surface area contributed by atoms with Crippen molar-refractivity contribution in [3.05, 3.63) is 54.1 Å². The van der Waals surface area contributed by atoms with Gasteiger partial charge in [-0.05, 0) is 12.1 Å². The SMILES string of the molecule is O=C(O)COCCONC(=Cn1ccnc1)c1cccc(C(F)(F)F)c1. The quantitative estimate of drug-likeness (QED) is 0.520. The van der Waals surface area contributed by atoms with Gasteiger partial charge in [0.05, 0.1) is 30.8 Å². The van der Waals surface area contributed by atoms with Crippen molar-refractivity contribution < 1.29 is 32.6 Å². The molecule has 0 radical (unpaired) electrons. The maximum absolute atomic E-state index is 12.9. The minimum atomic E-state index is -4.47. The number of ether oxygens (including phenoxy) is 1. The zero-order valence-corrected chi connectivity index (χ0v) is 13.4. The predicted octanol–water partition coefficient (Wildman–Crippen LogP) is 2.48. The summed E-state index contributed by atoms with van der Waals surface area (Å²) in [6, 6.07) is 4.74. The third kappa shape index (κ3) is 6.22. The third-order valence-corrected chi connectivity index (χ3v) is 3.04. The third-order valence-electron chi connectivity index (χ3n) is 3.04. The Morgan fingerprint density at radius 2 is 2.15 bits per heavy atom. The van der Waals surface area contributed by atoms with Crippen molar-refractivity contribution in [2.75, 3.05) is 19.8 Å². The van der Waals surface area contributed by atoms with E-state index in [1.54, 1.807) is 6.20 Å². The van der Waals surface area contributed by atoms with Gasteiger partial charge in [0.15, 0.2) is 0 Å². The summed E-state index contributed by atoms with van der Waals surface area (Å²) in [6.45, 7) is -0.470. The molecule has 0 saturated heterocycles. The molecule has 140 valence electrons. The number of aliphatic carboxylic acids is 1. The molecule has 0 bridgehead atoms. The molecule has 2 aromatic rings. The number of hydroxylamine groups is 1. The van der Waals surface area contributed by atoms with Crippen molar-refractivity contribution in [2.45, 2.75) is 6.18 Å². The number of imidazole rings is 1. The van der Waals surface area contributed by atoms with E-state index in [1.807, 2.05) is 0 Å². The Bertz CT molecular complexity index is 745. The minimum absolute atomic E-state index is 0.000244. The van der Waals surface area contributed by atoms with Crippen LogP contribution in [0.3, 0.4) is 0 Å². The second-order valence-corrected chi connectivity index (χ2v) is 5.03. The molecule has 7 nitrogen and oxygen atoms in total. The Hall–Kier alpha value is -2.85. The summed E-state index contributed by atoms with van der Waals surface area (Å²) in [6.07, 6.45) is 1.61. The summed E-state index contributed by atoms with van der Waals surface area (Å²) in [5.74, 6) is -1.11. The van der Waals surface area contributed by atoms with Gasteiger partial charge in [-0.1, -0.05) is 12.1 Å². The standard InChI is InChI=1S/C16H16F3N3O4/c17-16(18,19)13-3-1-2-12(8-13)14(9-22-5-4-20-11-22)21-26-7-6-25-10-15(23)24/h1-5,8-9,11,21H,6-7,10H2,(H,23,24). The van der Waals surface area contributed by atoms with E-state index in [9.17, 15) is 18.0 Å². The van der Waals surface area contributed by atoms with Crippen LogP contribution in [-0.2, 0) is 20.5 Å². The lowest BCUT2D eigenvalue weighted by Crippen LogP contribution is -2.19. The fraction of sp³-hybridized carbons (Fsp3) is 0.250. The molecular formula is C16H16F3N3O4. The minimum Gasteiger partial charge on any atom is -0.480 e. The largest absolute Gasteiger partial charge is 0.480 e. The van der Waals surface area contributed by atoms with E-state index in [0.29, 0.717) is 0 Å². The first-order valence-corrected chi connectivity index (χ1v) is 7.40. The van der Waals surface area contributed by atoms with Gasteiger partial charge >= 0.3 is 12.1 Å². The van der Waals surface area contributed by atoms with Crippen LogP contribution in [0.25, 0.3) is 11.9 Å². The lowest BCUT2D eigenvalue weighted by Gasteiger charge is -2.14. The number of hydrogen-bond acceptors (Lipinski definition) is 5. The first-order chi connectivity index (χ1) is 12.4. The number of halogens is 3. The van der Waals surface area contributed by atoms with E-state index in [1.165, 1.54) is 35.4 Å². The molecule has 2 rings (SSSR count).